The van der Waals surface area contributed by atoms with Gasteiger partial charge in [-0.2, -0.15) is 0 Å². The second-order valence-electron chi connectivity index (χ2n) is 2.92. The molecular weight excluding hydrogens is 194 g/mol. The molecule has 0 aliphatic carbocycles. The second-order valence-corrected chi connectivity index (χ2v) is 2.92. The van der Waals surface area contributed by atoms with Crippen LogP contribution in [0.25, 0.3) is 10.4 Å². The van der Waals surface area contributed by atoms with E-state index < -0.39 is 37.3 Å². The van der Waals surface area contributed by atoms with Crippen LogP contribution < -0.4 is 0 Å². The molecule has 14 heavy (non-hydrogen) atoms. The van der Waals surface area contributed by atoms with E-state index in [-0.39, 0.29) is 0 Å². The van der Waals surface area contributed by atoms with Crippen molar-refractivity contribution in [2.45, 2.75) is 30.6 Å². The van der Waals surface area contributed by atoms with E-state index in [1.807, 2.05) is 0 Å². The zero-order valence-corrected chi connectivity index (χ0v) is 7.13. The third-order valence-corrected chi connectivity index (χ3v) is 2.03. The van der Waals surface area contributed by atoms with Crippen LogP contribution in [0, 0.1) is 0 Å². The Morgan fingerprint density at radius 2 is 1.86 bits per heavy atom. The molecule has 1 fully saturated rings. The topological polar surface area (TPSA) is 139 Å². The maximum atomic E-state index is 9.27. The lowest BCUT2D eigenvalue weighted by atomic mass is 9.99. The predicted octanol–water partition coefficient (Wildman–Crippen LogP) is -1.90. The Morgan fingerprint density at radius 3 is 2.36 bits per heavy atom. The standard InChI is InChI=1S/C6H11N3O5/c7-9-8-6-5(13)4(12)3(11)2(1-10)14-6/h2-6,10-13H,1H2/t2-,3-,4+,5-,6+/m1/s1. The molecule has 0 amide bonds. The van der Waals surface area contributed by atoms with Gasteiger partial charge in [-0.1, -0.05) is 5.11 Å². The maximum absolute atomic E-state index is 9.27. The van der Waals surface area contributed by atoms with Crippen LogP contribution in [-0.4, -0.2) is 57.7 Å². The van der Waals surface area contributed by atoms with Crippen molar-refractivity contribution in [3.05, 3.63) is 10.4 Å². The summed E-state index contributed by atoms with van der Waals surface area (Å²) in [5.74, 6) is 0. The molecule has 8 heteroatoms. The molecule has 80 valence electrons. The van der Waals surface area contributed by atoms with Crippen molar-refractivity contribution >= 4 is 0 Å². The number of aliphatic hydroxyl groups excluding tert-OH is 4. The minimum Gasteiger partial charge on any atom is -0.394 e. The van der Waals surface area contributed by atoms with E-state index in [1.54, 1.807) is 0 Å². The fourth-order valence-electron chi connectivity index (χ4n) is 1.23. The monoisotopic (exact) mass is 205 g/mol. The first-order valence-corrected chi connectivity index (χ1v) is 3.96. The highest BCUT2D eigenvalue weighted by molar-refractivity contribution is 4.90. The van der Waals surface area contributed by atoms with Crippen LogP contribution in [0.15, 0.2) is 5.11 Å². The minimum absolute atomic E-state index is 0.539. The predicted molar refractivity (Wildman–Crippen MR) is 42.9 cm³/mol. The second kappa shape index (κ2) is 4.56. The fourth-order valence-corrected chi connectivity index (χ4v) is 1.23. The fraction of sp³-hybridized carbons (Fsp3) is 1.00. The number of rotatable bonds is 2. The third-order valence-electron chi connectivity index (χ3n) is 2.03. The van der Waals surface area contributed by atoms with E-state index in [9.17, 15) is 15.3 Å². The van der Waals surface area contributed by atoms with Crippen molar-refractivity contribution in [2.75, 3.05) is 6.61 Å². The maximum Gasteiger partial charge on any atom is 0.165 e. The van der Waals surface area contributed by atoms with Crippen LogP contribution in [0.4, 0.5) is 0 Å². The molecule has 5 atom stereocenters. The van der Waals surface area contributed by atoms with Gasteiger partial charge < -0.3 is 25.2 Å². The molecule has 1 aliphatic rings. The summed E-state index contributed by atoms with van der Waals surface area (Å²) in [7, 11) is 0. The molecule has 0 aromatic rings. The van der Waals surface area contributed by atoms with Crippen LogP contribution >= 0.6 is 0 Å². The zero-order valence-electron chi connectivity index (χ0n) is 7.13. The number of hydrogen-bond acceptors (Lipinski definition) is 6. The average Bonchev–Trinajstić information content (AvgIpc) is 2.19. The Labute approximate surface area is 79.0 Å². The summed E-state index contributed by atoms with van der Waals surface area (Å²) in [6, 6.07) is 0. The van der Waals surface area contributed by atoms with E-state index in [0.29, 0.717) is 0 Å². The molecule has 0 saturated carbocycles. The van der Waals surface area contributed by atoms with Crippen molar-refractivity contribution in [3.8, 4) is 0 Å². The van der Waals surface area contributed by atoms with Crippen LogP contribution in [0.1, 0.15) is 0 Å². The number of azide groups is 1. The van der Waals surface area contributed by atoms with Crippen molar-refractivity contribution in [1.29, 1.82) is 0 Å². The van der Waals surface area contributed by atoms with Gasteiger partial charge in [0.2, 0.25) is 0 Å². The summed E-state index contributed by atoms with van der Waals surface area (Å²) in [4.78, 5) is 2.40. The van der Waals surface area contributed by atoms with Crippen LogP contribution in [0.5, 0.6) is 0 Å². The molecular formula is C6H11N3O5. The van der Waals surface area contributed by atoms with Gasteiger partial charge in [-0.15, -0.1) is 0 Å². The molecule has 0 unspecified atom stereocenters. The lowest BCUT2D eigenvalue weighted by molar-refractivity contribution is -0.227. The Hall–Kier alpha value is -0.890. The van der Waals surface area contributed by atoms with Gasteiger partial charge in [-0.3, -0.25) is 0 Å². The molecule has 1 rings (SSSR count). The van der Waals surface area contributed by atoms with Crippen LogP contribution in [0.2, 0.25) is 0 Å². The van der Waals surface area contributed by atoms with E-state index >= 15 is 0 Å². The molecule has 1 aliphatic heterocycles. The smallest absolute Gasteiger partial charge is 0.165 e. The lowest BCUT2D eigenvalue weighted by Gasteiger charge is -2.37. The summed E-state index contributed by atoms with van der Waals surface area (Å²) in [5.41, 5.74) is 8.11. The molecule has 0 spiro atoms. The number of aliphatic hydroxyl groups is 4. The summed E-state index contributed by atoms with van der Waals surface area (Å²) in [6.07, 6.45) is -6.76. The molecule has 4 N–H and O–H groups in total. The van der Waals surface area contributed by atoms with Gasteiger partial charge in [0.15, 0.2) is 6.23 Å². The third kappa shape index (κ3) is 1.95. The number of ether oxygens (including phenoxy) is 1. The van der Waals surface area contributed by atoms with E-state index in [2.05, 4.69) is 10.0 Å². The van der Waals surface area contributed by atoms with Gasteiger partial charge in [-0.25, -0.2) is 0 Å². The lowest BCUT2D eigenvalue weighted by Crippen LogP contribution is -2.57. The van der Waals surface area contributed by atoms with E-state index in [0.717, 1.165) is 0 Å². The zero-order chi connectivity index (χ0) is 10.7. The summed E-state index contributed by atoms with van der Waals surface area (Å²) < 4.78 is 4.84. The van der Waals surface area contributed by atoms with Gasteiger partial charge >= 0.3 is 0 Å². The molecule has 1 saturated heterocycles. The highest BCUT2D eigenvalue weighted by Gasteiger charge is 2.42. The van der Waals surface area contributed by atoms with Gasteiger partial charge in [-0.05, 0) is 5.53 Å². The normalized spacial score (nSPS) is 43.0. The Morgan fingerprint density at radius 1 is 1.21 bits per heavy atom. The minimum atomic E-state index is -1.50. The molecule has 0 radical (unpaired) electrons. The quantitative estimate of drug-likeness (QED) is 0.237. The number of hydrogen-bond donors (Lipinski definition) is 4. The summed E-state index contributed by atoms with van der Waals surface area (Å²) >= 11 is 0. The van der Waals surface area contributed by atoms with E-state index in [1.165, 1.54) is 0 Å². The summed E-state index contributed by atoms with van der Waals surface area (Å²) in [6.45, 7) is -0.539. The summed E-state index contributed by atoms with van der Waals surface area (Å²) in [5, 5.41) is 39.6. The Kier molecular flexibility index (Phi) is 3.64. The first-order valence-electron chi connectivity index (χ1n) is 3.96. The van der Waals surface area contributed by atoms with Crippen LogP contribution in [0.3, 0.4) is 0 Å². The SMILES string of the molecule is [N-]=[N+]=N[C@H]1O[C@H](CO)[C@@H](O)[C@H](O)[C@H]1O. The van der Waals surface area contributed by atoms with Gasteiger partial charge in [0.1, 0.15) is 24.4 Å². The Bertz CT molecular complexity index is 242. The average molecular weight is 205 g/mol. The van der Waals surface area contributed by atoms with E-state index in [4.69, 9.17) is 15.4 Å². The molecule has 8 nitrogen and oxygen atoms in total. The number of nitrogens with zero attached hydrogens (tertiary/aromatic N) is 3. The Balaban J connectivity index is 2.77. The van der Waals surface area contributed by atoms with Crippen molar-refractivity contribution < 1.29 is 25.2 Å². The van der Waals surface area contributed by atoms with Crippen LogP contribution in [-0.2, 0) is 4.74 Å². The molecule has 0 aromatic carbocycles. The van der Waals surface area contributed by atoms with Gasteiger partial charge in [0.25, 0.3) is 0 Å². The highest BCUT2D eigenvalue weighted by Crippen LogP contribution is 2.21. The van der Waals surface area contributed by atoms with Crippen molar-refractivity contribution in [2.24, 2.45) is 5.11 Å². The molecule has 0 aromatic heterocycles. The molecule has 0 bridgehead atoms. The van der Waals surface area contributed by atoms with Gasteiger partial charge in [0.05, 0.1) is 6.61 Å². The molecule has 1 heterocycles. The van der Waals surface area contributed by atoms with Crippen molar-refractivity contribution in [1.82, 2.24) is 0 Å². The first kappa shape index (κ1) is 11.2. The largest absolute Gasteiger partial charge is 0.394 e. The highest BCUT2D eigenvalue weighted by atomic mass is 16.6. The first-order chi connectivity index (χ1) is 6.61. The van der Waals surface area contributed by atoms with Crippen molar-refractivity contribution in [3.63, 3.8) is 0 Å². The van der Waals surface area contributed by atoms with Gasteiger partial charge in [0, 0.05) is 4.91 Å².